The van der Waals surface area contributed by atoms with Crippen LogP contribution in [-0.4, -0.2) is 22.0 Å². The highest BCUT2D eigenvalue weighted by Gasteiger charge is 2.22. The molecule has 1 fully saturated rings. The number of carbonyl (C=O) groups excluding carboxylic acids is 1. The topological polar surface area (TPSA) is 74.2 Å². The Hall–Kier alpha value is -2.08. The van der Waals surface area contributed by atoms with E-state index in [1.807, 2.05) is 5.38 Å². The number of aromatic nitrogens is 1. The maximum Gasteiger partial charge on any atom is 0.221 e. The molecule has 0 atom stereocenters. The van der Waals surface area contributed by atoms with Crippen LogP contribution in [0.2, 0.25) is 0 Å². The lowest BCUT2D eigenvalue weighted by Gasteiger charge is -2.06. The first-order valence-electron chi connectivity index (χ1n) is 6.45. The van der Waals surface area contributed by atoms with Gasteiger partial charge in [0.25, 0.3) is 0 Å². The molecule has 1 amide bonds. The number of aromatic hydroxyl groups is 1. The van der Waals surface area contributed by atoms with E-state index in [-0.39, 0.29) is 11.7 Å². The first-order chi connectivity index (χ1) is 9.61. The number of nitrogens with zero attached hydrogens (tertiary/aromatic N) is 1. The van der Waals surface area contributed by atoms with Crippen molar-refractivity contribution in [3.05, 3.63) is 23.6 Å². The maximum atomic E-state index is 11.1. The average Bonchev–Trinajstić information content (AvgIpc) is 3.08. The van der Waals surface area contributed by atoms with Crippen LogP contribution in [0.3, 0.4) is 0 Å². The Morgan fingerprint density at radius 2 is 2.25 bits per heavy atom. The van der Waals surface area contributed by atoms with Crippen molar-refractivity contribution in [1.29, 1.82) is 0 Å². The van der Waals surface area contributed by atoms with Crippen molar-refractivity contribution in [3.8, 4) is 17.0 Å². The summed E-state index contributed by atoms with van der Waals surface area (Å²) in [4.78, 5) is 15.6. The molecule has 1 aromatic carbocycles. The first-order valence-corrected chi connectivity index (χ1v) is 7.33. The lowest BCUT2D eigenvalue weighted by atomic mass is 10.1. The summed E-state index contributed by atoms with van der Waals surface area (Å²) in [6, 6.07) is 5.65. The summed E-state index contributed by atoms with van der Waals surface area (Å²) in [5.41, 5.74) is 2.11. The molecule has 1 saturated carbocycles. The van der Waals surface area contributed by atoms with Crippen LogP contribution in [0.1, 0.15) is 19.8 Å². The number of phenols is 1. The Kier molecular flexibility index (Phi) is 3.31. The van der Waals surface area contributed by atoms with E-state index in [1.165, 1.54) is 19.8 Å². The van der Waals surface area contributed by atoms with Gasteiger partial charge in [-0.15, -0.1) is 11.3 Å². The fraction of sp³-hybridized carbons (Fsp3) is 0.286. The van der Waals surface area contributed by atoms with Gasteiger partial charge in [0.2, 0.25) is 5.91 Å². The van der Waals surface area contributed by atoms with Crippen LogP contribution in [-0.2, 0) is 4.79 Å². The van der Waals surface area contributed by atoms with Gasteiger partial charge in [0.05, 0.1) is 11.4 Å². The maximum absolute atomic E-state index is 11.1. The minimum atomic E-state index is -0.216. The highest BCUT2D eigenvalue weighted by atomic mass is 32.1. The molecular weight excluding hydrogens is 274 g/mol. The molecule has 2 aromatic rings. The summed E-state index contributed by atoms with van der Waals surface area (Å²) < 4.78 is 0. The Balaban J connectivity index is 1.84. The highest BCUT2D eigenvalue weighted by Crippen LogP contribution is 2.33. The summed E-state index contributed by atoms with van der Waals surface area (Å²) in [6.07, 6.45) is 2.42. The molecule has 20 heavy (non-hydrogen) atoms. The number of anilines is 2. The number of thiazole rings is 1. The Morgan fingerprint density at radius 1 is 1.45 bits per heavy atom. The van der Waals surface area contributed by atoms with Crippen LogP contribution in [0.15, 0.2) is 23.6 Å². The Labute approximate surface area is 120 Å². The number of carbonyl (C=O) groups is 1. The van der Waals surface area contributed by atoms with Gasteiger partial charge in [0.15, 0.2) is 5.13 Å². The standard InChI is InChI=1S/C14H15N3O2S/c1-8(18)15-11-6-9(2-5-13(11)19)12-7-20-14(17-12)16-10-3-4-10/h2,5-7,10,19H,3-4H2,1H3,(H,15,18)(H,16,17). The molecule has 0 saturated heterocycles. The van der Waals surface area contributed by atoms with Gasteiger partial charge >= 0.3 is 0 Å². The van der Waals surface area contributed by atoms with Crippen molar-refractivity contribution < 1.29 is 9.90 Å². The van der Waals surface area contributed by atoms with Gasteiger partial charge in [-0.3, -0.25) is 4.79 Å². The third-order valence-electron chi connectivity index (χ3n) is 3.01. The molecule has 1 aromatic heterocycles. The molecule has 1 aliphatic rings. The quantitative estimate of drug-likeness (QED) is 0.756. The van der Waals surface area contributed by atoms with E-state index in [2.05, 4.69) is 15.6 Å². The Morgan fingerprint density at radius 3 is 2.95 bits per heavy atom. The second-order valence-corrected chi connectivity index (χ2v) is 5.73. The SMILES string of the molecule is CC(=O)Nc1cc(-c2csc(NC3CC3)n2)ccc1O. The molecular formula is C14H15N3O2S. The predicted octanol–water partition coefficient (Wildman–Crippen LogP) is 3.05. The number of benzene rings is 1. The average molecular weight is 289 g/mol. The van der Waals surface area contributed by atoms with E-state index in [0.717, 1.165) is 16.4 Å². The van der Waals surface area contributed by atoms with Crippen molar-refractivity contribution >= 4 is 28.1 Å². The molecule has 104 valence electrons. The second kappa shape index (κ2) is 5.13. The molecule has 6 heteroatoms. The molecule has 0 unspecified atom stereocenters. The molecule has 0 spiro atoms. The summed E-state index contributed by atoms with van der Waals surface area (Å²) in [5.74, 6) is -0.165. The minimum absolute atomic E-state index is 0.0514. The highest BCUT2D eigenvalue weighted by molar-refractivity contribution is 7.14. The monoisotopic (exact) mass is 289 g/mol. The number of phenolic OH excluding ortho intramolecular Hbond substituents is 1. The van der Waals surface area contributed by atoms with Crippen LogP contribution >= 0.6 is 11.3 Å². The zero-order valence-electron chi connectivity index (χ0n) is 11.0. The third kappa shape index (κ3) is 2.91. The van der Waals surface area contributed by atoms with Gasteiger partial charge in [-0.2, -0.15) is 0 Å². The van der Waals surface area contributed by atoms with Gasteiger partial charge in [0, 0.05) is 23.9 Å². The molecule has 1 heterocycles. The van der Waals surface area contributed by atoms with Crippen LogP contribution in [0, 0.1) is 0 Å². The number of hydrogen-bond acceptors (Lipinski definition) is 5. The van der Waals surface area contributed by atoms with Gasteiger partial charge in [0.1, 0.15) is 5.75 Å². The van der Waals surface area contributed by atoms with Crippen LogP contribution in [0.5, 0.6) is 5.75 Å². The van der Waals surface area contributed by atoms with Gasteiger partial charge in [-0.05, 0) is 31.0 Å². The lowest BCUT2D eigenvalue weighted by molar-refractivity contribution is -0.114. The van der Waals surface area contributed by atoms with E-state index in [4.69, 9.17) is 0 Å². The zero-order chi connectivity index (χ0) is 14.1. The van der Waals surface area contributed by atoms with E-state index in [1.54, 1.807) is 29.5 Å². The molecule has 0 bridgehead atoms. The first kappa shape index (κ1) is 12.9. The normalized spacial score (nSPS) is 14.1. The zero-order valence-corrected chi connectivity index (χ0v) is 11.8. The summed E-state index contributed by atoms with van der Waals surface area (Å²) >= 11 is 1.56. The van der Waals surface area contributed by atoms with Crippen LogP contribution in [0.25, 0.3) is 11.3 Å². The van der Waals surface area contributed by atoms with Crippen molar-refractivity contribution in [3.63, 3.8) is 0 Å². The summed E-state index contributed by atoms with van der Waals surface area (Å²) in [7, 11) is 0. The summed E-state index contributed by atoms with van der Waals surface area (Å²) in [5, 5.41) is 18.6. The number of hydrogen-bond donors (Lipinski definition) is 3. The van der Waals surface area contributed by atoms with E-state index >= 15 is 0 Å². The molecule has 3 N–H and O–H groups in total. The smallest absolute Gasteiger partial charge is 0.221 e. The molecule has 5 nitrogen and oxygen atoms in total. The predicted molar refractivity (Wildman–Crippen MR) is 80.2 cm³/mol. The second-order valence-electron chi connectivity index (χ2n) is 4.87. The minimum Gasteiger partial charge on any atom is -0.506 e. The molecule has 1 aliphatic carbocycles. The molecule has 0 aliphatic heterocycles. The van der Waals surface area contributed by atoms with Gasteiger partial charge in [-0.1, -0.05) is 0 Å². The van der Waals surface area contributed by atoms with Crippen LogP contribution < -0.4 is 10.6 Å². The fourth-order valence-corrected chi connectivity index (χ4v) is 2.66. The van der Waals surface area contributed by atoms with E-state index in [0.29, 0.717) is 11.7 Å². The van der Waals surface area contributed by atoms with E-state index < -0.39 is 0 Å². The van der Waals surface area contributed by atoms with E-state index in [9.17, 15) is 9.90 Å². The van der Waals surface area contributed by atoms with Crippen molar-refractivity contribution in [2.45, 2.75) is 25.8 Å². The lowest BCUT2D eigenvalue weighted by Crippen LogP contribution is -2.05. The number of amides is 1. The van der Waals surface area contributed by atoms with Crippen molar-refractivity contribution in [2.24, 2.45) is 0 Å². The summed E-state index contributed by atoms with van der Waals surface area (Å²) in [6.45, 7) is 1.41. The largest absolute Gasteiger partial charge is 0.506 e. The molecule has 0 radical (unpaired) electrons. The third-order valence-corrected chi connectivity index (χ3v) is 3.79. The van der Waals surface area contributed by atoms with Gasteiger partial charge < -0.3 is 15.7 Å². The fourth-order valence-electron chi connectivity index (χ4n) is 1.86. The molecule has 3 rings (SSSR count). The van der Waals surface area contributed by atoms with Crippen LogP contribution in [0.4, 0.5) is 10.8 Å². The van der Waals surface area contributed by atoms with Gasteiger partial charge in [-0.25, -0.2) is 4.98 Å². The Bertz CT molecular complexity index is 650. The van der Waals surface area contributed by atoms with Crippen molar-refractivity contribution in [2.75, 3.05) is 10.6 Å². The number of nitrogens with one attached hydrogen (secondary N) is 2. The number of rotatable bonds is 4. The van der Waals surface area contributed by atoms with Crippen molar-refractivity contribution in [1.82, 2.24) is 4.98 Å².